The summed E-state index contributed by atoms with van der Waals surface area (Å²) in [6.45, 7) is 0.552. The Bertz CT molecular complexity index is 711. The van der Waals surface area contributed by atoms with Gasteiger partial charge in [0.25, 0.3) is 0 Å². The number of aromatic nitrogens is 1. The number of methoxy groups -OCH3 is 1. The van der Waals surface area contributed by atoms with Crippen LogP contribution in [0.5, 0.6) is 11.5 Å². The maximum atomic E-state index is 5.79. The Balaban J connectivity index is 1.83. The van der Waals surface area contributed by atoms with E-state index in [0.717, 1.165) is 28.0 Å². The van der Waals surface area contributed by atoms with Crippen LogP contribution in [0.1, 0.15) is 5.56 Å². The van der Waals surface area contributed by atoms with Crippen molar-refractivity contribution in [1.82, 2.24) is 4.98 Å². The Morgan fingerprint density at radius 2 is 1.85 bits per heavy atom. The Hall–Kier alpha value is -2.55. The minimum absolute atomic E-state index is 0.552. The van der Waals surface area contributed by atoms with Gasteiger partial charge in [-0.3, -0.25) is 4.98 Å². The monoisotopic (exact) mass is 265 g/mol. The first-order chi connectivity index (χ1) is 9.86. The molecule has 0 amide bonds. The Kier molecular flexibility index (Phi) is 3.50. The molecule has 0 fully saturated rings. The molecule has 2 aromatic carbocycles. The van der Waals surface area contributed by atoms with Gasteiger partial charge in [0, 0.05) is 17.6 Å². The number of fused-ring (bicyclic) bond motifs is 1. The van der Waals surface area contributed by atoms with Crippen molar-refractivity contribution in [2.24, 2.45) is 0 Å². The van der Waals surface area contributed by atoms with Crippen molar-refractivity contribution in [3.05, 3.63) is 66.4 Å². The molecule has 1 aromatic heterocycles. The van der Waals surface area contributed by atoms with E-state index in [1.165, 1.54) is 0 Å². The van der Waals surface area contributed by atoms with E-state index < -0.39 is 0 Å². The van der Waals surface area contributed by atoms with Gasteiger partial charge in [-0.25, -0.2) is 0 Å². The van der Waals surface area contributed by atoms with Crippen LogP contribution >= 0.6 is 0 Å². The van der Waals surface area contributed by atoms with E-state index >= 15 is 0 Å². The highest BCUT2D eigenvalue weighted by Crippen LogP contribution is 2.27. The number of pyridine rings is 1. The van der Waals surface area contributed by atoms with Gasteiger partial charge in [0.1, 0.15) is 18.1 Å². The lowest BCUT2D eigenvalue weighted by Crippen LogP contribution is -1.95. The van der Waals surface area contributed by atoms with Gasteiger partial charge < -0.3 is 9.47 Å². The molecule has 3 rings (SSSR count). The highest BCUT2D eigenvalue weighted by molar-refractivity contribution is 5.85. The standard InChI is InChI=1S/C17H15NO2/c1-19-17-9-10-18-16-11-14(7-8-15(16)17)20-12-13-5-3-2-4-6-13/h2-11H,12H2,1H3. The maximum Gasteiger partial charge on any atom is 0.129 e. The molecule has 0 saturated heterocycles. The number of hydrogen-bond acceptors (Lipinski definition) is 3. The predicted octanol–water partition coefficient (Wildman–Crippen LogP) is 3.82. The molecule has 0 aliphatic heterocycles. The summed E-state index contributed by atoms with van der Waals surface area (Å²) in [5.74, 6) is 1.63. The molecule has 0 spiro atoms. The third-order valence-electron chi connectivity index (χ3n) is 3.14. The topological polar surface area (TPSA) is 31.4 Å². The molecule has 3 heteroatoms. The lowest BCUT2D eigenvalue weighted by atomic mass is 10.2. The largest absolute Gasteiger partial charge is 0.496 e. The molecule has 3 nitrogen and oxygen atoms in total. The summed E-state index contributed by atoms with van der Waals surface area (Å²) < 4.78 is 11.1. The average Bonchev–Trinajstić information content (AvgIpc) is 2.53. The van der Waals surface area contributed by atoms with Gasteiger partial charge in [-0.2, -0.15) is 0 Å². The van der Waals surface area contributed by atoms with Gasteiger partial charge in [-0.1, -0.05) is 30.3 Å². The van der Waals surface area contributed by atoms with Crippen molar-refractivity contribution in [3.63, 3.8) is 0 Å². The Morgan fingerprint density at radius 3 is 2.65 bits per heavy atom. The third kappa shape index (κ3) is 2.57. The molecule has 0 saturated carbocycles. The summed E-state index contributed by atoms with van der Waals surface area (Å²) in [6.07, 6.45) is 1.74. The lowest BCUT2D eigenvalue weighted by Gasteiger charge is -2.08. The smallest absolute Gasteiger partial charge is 0.129 e. The maximum absolute atomic E-state index is 5.79. The summed E-state index contributed by atoms with van der Waals surface area (Å²) in [6, 6.07) is 17.8. The molecular formula is C17H15NO2. The number of rotatable bonds is 4. The van der Waals surface area contributed by atoms with E-state index in [2.05, 4.69) is 4.98 Å². The van der Waals surface area contributed by atoms with E-state index in [4.69, 9.17) is 9.47 Å². The molecule has 0 radical (unpaired) electrons. The highest BCUT2D eigenvalue weighted by Gasteiger charge is 2.04. The van der Waals surface area contributed by atoms with E-state index in [1.54, 1.807) is 13.3 Å². The predicted molar refractivity (Wildman–Crippen MR) is 79.1 cm³/mol. The summed E-state index contributed by atoms with van der Waals surface area (Å²) >= 11 is 0. The fourth-order valence-corrected chi connectivity index (χ4v) is 2.11. The van der Waals surface area contributed by atoms with E-state index in [9.17, 15) is 0 Å². The fourth-order valence-electron chi connectivity index (χ4n) is 2.11. The SMILES string of the molecule is COc1ccnc2cc(OCc3ccccc3)ccc12. The summed E-state index contributed by atoms with van der Waals surface area (Å²) in [5.41, 5.74) is 2.01. The molecule has 0 atom stereocenters. The summed E-state index contributed by atoms with van der Waals surface area (Å²) in [4.78, 5) is 4.35. The van der Waals surface area contributed by atoms with E-state index in [0.29, 0.717) is 6.61 Å². The zero-order chi connectivity index (χ0) is 13.8. The van der Waals surface area contributed by atoms with Gasteiger partial charge in [0.2, 0.25) is 0 Å². The van der Waals surface area contributed by atoms with Gasteiger partial charge in [-0.15, -0.1) is 0 Å². The second-order valence-corrected chi connectivity index (χ2v) is 4.47. The minimum atomic E-state index is 0.552. The number of ether oxygens (including phenoxy) is 2. The first-order valence-corrected chi connectivity index (χ1v) is 6.46. The van der Waals surface area contributed by atoms with Crippen molar-refractivity contribution < 1.29 is 9.47 Å². The molecule has 0 aliphatic carbocycles. The van der Waals surface area contributed by atoms with Crippen LogP contribution in [0.4, 0.5) is 0 Å². The van der Waals surface area contributed by atoms with Crippen molar-refractivity contribution >= 4 is 10.9 Å². The molecular weight excluding hydrogens is 250 g/mol. The second kappa shape index (κ2) is 5.61. The second-order valence-electron chi connectivity index (χ2n) is 4.47. The van der Waals surface area contributed by atoms with Gasteiger partial charge in [0.05, 0.1) is 12.6 Å². The van der Waals surface area contributed by atoms with Crippen molar-refractivity contribution in [3.8, 4) is 11.5 Å². The fraction of sp³-hybridized carbons (Fsp3) is 0.118. The van der Waals surface area contributed by atoms with Crippen LogP contribution in [0.2, 0.25) is 0 Å². The quantitative estimate of drug-likeness (QED) is 0.718. The number of hydrogen-bond donors (Lipinski definition) is 0. The van der Waals surface area contributed by atoms with Gasteiger partial charge in [0.15, 0.2) is 0 Å². The molecule has 0 unspecified atom stereocenters. The van der Waals surface area contributed by atoms with Crippen molar-refractivity contribution in [2.45, 2.75) is 6.61 Å². The van der Waals surface area contributed by atoms with Crippen LogP contribution in [0.15, 0.2) is 60.8 Å². The molecule has 0 bridgehead atoms. The van der Waals surface area contributed by atoms with Crippen LogP contribution in [0.25, 0.3) is 10.9 Å². The normalized spacial score (nSPS) is 10.4. The van der Waals surface area contributed by atoms with Gasteiger partial charge in [-0.05, 0) is 23.8 Å². The molecule has 0 aliphatic rings. The third-order valence-corrected chi connectivity index (χ3v) is 3.14. The summed E-state index contributed by atoms with van der Waals surface area (Å²) in [7, 11) is 1.66. The van der Waals surface area contributed by atoms with Crippen molar-refractivity contribution in [1.29, 1.82) is 0 Å². The van der Waals surface area contributed by atoms with E-state index in [1.807, 2.05) is 54.6 Å². The van der Waals surface area contributed by atoms with Crippen LogP contribution in [-0.4, -0.2) is 12.1 Å². The first-order valence-electron chi connectivity index (χ1n) is 6.46. The molecule has 3 aromatic rings. The minimum Gasteiger partial charge on any atom is -0.496 e. The number of nitrogens with zero attached hydrogens (tertiary/aromatic N) is 1. The highest BCUT2D eigenvalue weighted by atomic mass is 16.5. The molecule has 1 heterocycles. The van der Waals surface area contributed by atoms with Gasteiger partial charge >= 0.3 is 0 Å². The first kappa shape index (κ1) is 12.5. The van der Waals surface area contributed by atoms with Crippen molar-refractivity contribution in [2.75, 3.05) is 7.11 Å². The Labute approximate surface area is 117 Å². The number of benzene rings is 2. The summed E-state index contributed by atoms with van der Waals surface area (Å²) in [5, 5.41) is 0.988. The lowest BCUT2D eigenvalue weighted by molar-refractivity contribution is 0.306. The molecule has 100 valence electrons. The molecule has 20 heavy (non-hydrogen) atoms. The zero-order valence-corrected chi connectivity index (χ0v) is 11.2. The van der Waals surface area contributed by atoms with E-state index in [-0.39, 0.29) is 0 Å². The van der Waals surface area contributed by atoms with Crippen LogP contribution in [0, 0.1) is 0 Å². The van der Waals surface area contributed by atoms with Crippen LogP contribution in [0.3, 0.4) is 0 Å². The zero-order valence-electron chi connectivity index (χ0n) is 11.2. The Morgan fingerprint density at radius 1 is 1.00 bits per heavy atom. The average molecular weight is 265 g/mol. The molecule has 0 N–H and O–H groups in total. The van der Waals surface area contributed by atoms with Crippen LogP contribution < -0.4 is 9.47 Å². The van der Waals surface area contributed by atoms with Crippen LogP contribution in [-0.2, 0) is 6.61 Å².